The fraction of sp³-hybridized carbons (Fsp3) is 0.273. The molecule has 3 heterocycles. The summed E-state index contributed by atoms with van der Waals surface area (Å²) in [7, 11) is -1.15. The second-order valence-electron chi connectivity index (χ2n) is 8.16. The van der Waals surface area contributed by atoms with Crippen molar-refractivity contribution < 1.29 is 13.0 Å². The Hall–Kier alpha value is -2.49. The summed E-state index contributed by atoms with van der Waals surface area (Å²) < 4.78 is 24.7. The van der Waals surface area contributed by atoms with Crippen molar-refractivity contribution in [1.82, 2.24) is 10.2 Å². The Kier molecular flexibility index (Phi) is 4.80. The first-order valence-electron chi connectivity index (χ1n) is 10.2. The van der Waals surface area contributed by atoms with E-state index in [1.54, 1.807) is 0 Å². The number of allylic oxidation sites excluding steroid dienone is 1. The molecule has 0 amide bonds. The van der Waals surface area contributed by atoms with Gasteiger partial charge in [0.15, 0.2) is 9.84 Å². The number of rotatable bonds is 2. The summed E-state index contributed by atoms with van der Waals surface area (Å²) >= 11 is 3.58. The highest BCUT2D eigenvalue weighted by Crippen LogP contribution is 2.38. The second kappa shape index (κ2) is 7.29. The van der Waals surface area contributed by atoms with E-state index in [2.05, 4.69) is 56.7 Å². The molecule has 1 atom stereocenters. The standard InChI is InChI=1S/C22H23BrN5O2S/c1-28-20(24)19(23)21(27-9-4-11-31(29,30)12-10-27)26-22(28)18(14-25-28)17-8-7-15-5-2-3-6-16(15)13-17/h2-3,5-8,13-14,24,26H,4,9-12H2,1H3/q+1. The average molecular weight is 501 g/mol. The van der Waals surface area contributed by atoms with Crippen LogP contribution in [0, 0.1) is 5.41 Å². The summed E-state index contributed by atoms with van der Waals surface area (Å²) in [5, 5.41) is 19.3. The third-order valence-corrected chi connectivity index (χ3v) is 8.60. The summed E-state index contributed by atoms with van der Waals surface area (Å²) in [5.41, 5.74) is 1.95. The monoisotopic (exact) mass is 500 g/mol. The van der Waals surface area contributed by atoms with Crippen LogP contribution >= 0.6 is 15.9 Å². The summed E-state index contributed by atoms with van der Waals surface area (Å²) in [6, 6.07) is 14.5. The SMILES string of the molecule is C[N+]12N=CC(c3ccc4ccccc4c3)=C1NC(N1CCCS(=O)(=O)CC1)=C(Br)C2=N. The number of likely N-dealkylation sites (N-methyl/N-ethyl adjacent to an activating group) is 1. The molecule has 0 saturated carbocycles. The summed E-state index contributed by atoms with van der Waals surface area (Å²) in [4.78, 5) is 2.02. The van der Waals surface area contributed by atoms with Crippen molar-refractivity contribution >= 4 is 54.2 Å². The molecule has 1 fully saturated rings. The van der Waals surface area contributed by atoms with Crippen LogP contribution in [-0.2, 0) is 9.84 Å². The Balaban J connectivity index is 1.58. The van der Waals surface area contributed by atoms with Crippen LogP contribution in [0.15, 0.2) is 63.7 Å². The Morgan fingerprint density at radius 3 is 2.71 bits per heavy atom. The molecule has 3 aliphatic rings. The predicted octanol–water partition coefficient (Wildman–Crippen LogP) is 3.22. The smallest absolute Gasteiger partial charge is 0.271 e. The minimum atomic E-state index is -3.03. The molecule has 0 radical (unpaired) electrons. The van der Waals surface area contributed by atoms with Crippen LogP contribution in [0.25, 0.3) is 16.3 Å². The molecule has 31 heavy (non-hydrogen) atoms. The molecule has 1 saturated heterocycles. The van der Waals surface area contributed by atoms with Gasteiger partial charge in [-0.25, -0.2) is 13.8 Å². The van der Waals surface area contributed by atoms with Crippen LogP contribution < -0.4 is 5.32 Å². The topological polar surface area (TPSA) is 85.6 Å². The summed E-state index contributed by atoms with van der Waals surface area (Å²) in [6.07, 6.45) is 2.39. The van der Waals surface area contributed by atoms with Gasteiger partial charge in [0.2, 0.25) is 5.82 Å². The van der Waals surface area contributed by atoms with Gasteiger partial charge in [0, 0.05) is 13.1 Å². The third kappa shape index (κ3) is 3.40. The van der Waals surface area contributed by atoms with E-state index in [-0.39, 0.29) is 16.1 Å². The zero-order chi connectivity index (χ0) is 21.8. The van der Waals surface area contributed by atoms with E-state index in [9.17, 15) is 8.42 Å². The molecular formula is C22H23BrN5O2S+. The van der Waals surface area contributed by atoms with Gasteiger partial charge in [-0.3, -0.25) is 5.32 Å². The van der Waals surface area contributed by atoms with Crippen LogP contribution in [0.2, 0.25) is 0 Å². The fourth-order valence-electron chi connectivity index (χ4n) is 4.29. The van der Waals surface area contributed by atoms with Crippen molar-refractivity contribution in [2.75, 3.05) is 31.6 Å². The lowest BCUT2D eigenvalue weighted by atomic mass is 10.0. The second-order valence-corrected chi connectivity index (χ2v) is 11.3. The average Bonchev–Trinajstić information content (AvgIpc) is 2.99. The van der Waals surface area contributed by atoms with Gasteiger partial charge < -0.3 is 4.90 Å². The lowest BCUT2D eigenvalue weighted by Crippen LogP contribution is -2.53. The van der Waals surface area contributed by atoms with Gasteiger partial charge in [-0.15, -0.1) is 4.59 Å². The highest BCUT2D eigenvalue weighted by Gasteiger charge is 2.48. The van der Waals surface area contributed by atoms with Crippen molar-refractivity contribution in [1.29, 1.82) is 5.41 Å². The van der Waals surface area contributed by atoms with Gasteiger partial charge in [-0.1, -0.05) is 41.5 Å². The van der Waals surface area contributed by atoms with Gasteiger partial charge in [0.05, 0.1) is 23.3 Å². The first kappa shape index (κ1) is 20.4. The van der Waals surface area contributed by atoms with Crippen molar-refractivity contribution in [3.8, 4) is 0 Å². The highest BCUT2D eigenvalue weighted by atomic mass is 79.9. The lowest BCUT2D eigenvalue weighted by molar-refractivity contribution is -0.788. The van der Waals surface area contributed by atoms with Crippen LogP contribution in [0.3, 0.4) is 0 Å². The fourth-order valence-corrected chi connectivity index (χ4v) is 6.26. The van der Waals surface area contributed by atoms with E-state index in [1.165, 1.54) is 5.39 Å². The maximum atomic E-state index is 12.1. The number of nitrogens with zero attached hydrogens (tertiary/aromatic N) is 3. The number of hydrogen-bond donors (Lipinski definition) is 2. The first-order chi connectivity index (χ1) is 14.8. The van der Waals surface area contributed by atoms with E-state index in [0.29, 0.717) is 29.8 Å². The van der Waals surface area contributed by atoms with Crippen molar-refractivity contribution in [3.63, 3.8) is 0 Å². The molecule has 3 aliphatic heterocycles. The molecule has 2 aromatic carbocycles. The number of nitrogens with one attached hydrogen (secondary N) is 2. The van der Waals surface area contributed by atoms with Gasteiger partial charge in [-0.05, 0) is 44.8 Å². The Morgan fingerprint density at radius 2 is 1.90 bits per heavy atom. The lowest BCUT2D eigenvalue weighted by Gasteiger charge is -2.36. The molecule has 2 aromatic rings. The number of amidine groups is 1. The number of quaternary nitrogens is 1. The molecule has 0 aromatic heterocycles. The maximum Gasteiger partial charge on any atom is 0.271 e. The van der Waals surface area contributed by atoms with Crippen LogP contribution in [-0.4, -0.2) is 61.6 Å². The summed E-state index contributed by atoms with van der Waals surface area (Å²) in [6.45, 7) is 1.02. The largest absolute Gasteiger partial charge is 0.356 e. The molecule has 160 valence electrons. The predicted molar refractivity (Wildman–Crippen MR) is 127 cm³/mol. The number of sulfone groups is 1. The van der Waals surface area contributed by atoms with Crippen LogP contribution in [0.5, 0.6) is 0 Å². The van der Waals surface area contributed by atoms with Gasteiger partial charge in [-0.2, -0.15) is 0 Å². The quantitative estimate of drug-likeness (QED) is 0.619. The molecule has 9 heteroatoms. The zero-order valence-corrected chi connectivity index (χ0v) is 19.5. The van der Waals surface area contributed by atoms with E-state index in [0.717, 1.165) is 28.2 Å². The van der Waals surface area contributed by atoms with Gasteiger partial charge in [0.25, 0.3) is 5.84 Å². The molecule has 1 unspecified atom stereocenters. The Morgan fingerprint density at radius 1 is 1.13 bits per heavy atom. The Bertz CT molecular complexity index is 1310. The molecule has 2 N–H and O–H groups in total. The minimum absolute atomic E-state index is 0.0155. The number of hydrogen-bond acceptors (Lipinski definition) is 6. The number of fused-ring (bicyclic) bond motifs is 2. The van der Waals surface area contributed by atoms with E-state index >= 15 is 0 Å². The molecule has 0 aliphatic carbocycles. The van der Waals surface area contributed by atoms with Gasteiger partial charge in [0.1, 0.15) is 17.4 Å². The third-order valence-electron chi connectivity index (χ3n) is 6.13. The van der Waals surface area contributed by atoms with Crippen molar-refractivity contribution in [2.45, 2.75) is 6.42 Å². The van der Waals surface area contributed by atoms with Crippen molar-refractivity contribution in [3.05, 3.63) is 64.2 Å². The highest BCUT2D eigenvalue weighted by molar-refractivity contribution is 9.12. The van der Waals surface area contributed by atoms with E-state index in [4.69, 9.17) is 5.41 Å². The van der Waals surface area contributed by atoms with Crippen LogP contribution in [0.4, 0.5) is 0 Å². The van der Waals surface area contributed by atoms with Gasteiger partial charge >= 0.3 is 0 Å². The van der Waals surface area contributed by atoms with Crippen LogP contribution in [0.1, 0.15) is 12.0 Å². The maximum absolute atomic E-state index is 12.1. The number of benzene rings is 2. The molecule has 7 nitrogen and oxygen atoms in total. The molecule has 0 spiro atoms. The van der Waals surface area contributed by atoms with E-state index in [1.807, 2.05) is 30.3 Å². The Labute approximate surface area is 189 Å². The molecule has 5 rings (SSSR count). The normalized spacial score (nSPS) is 25.6. The zero-order valence-electron chi connectivity index (χ0n) is 17.1. The first-order valence-corrected chi connectivity index (χ1v) is 12.8. The summed E-state index contributed by atoms with van der Waals surface area (Å²) in [5.74, 6) is 2.16. The van der Waals surface area contributed by atoms with Crippen molar-refractivity contribution in [2.24, 2.45) is 5.10 Å². The minimum Gasteiger partial charge on any atom is -0.356 e. The molecule has 0 bridgehead atoms. The molecular weight excluding hydrogens is 478 g/mol. The number of halogens is 1. The van der Waals surface area contributed by atoms with E-state index < -0.39 is 9.84 Å².